The van der Waals surface area contributed by atoms with Crippen LogP contribution in [0.2, 0.25) is 0 Å². The second-order valence-electron chi connectivity index (χ2n) is 9.13. The molecule has 0 saturated heterocycles. The quantitative estimate of drug-likeness (QED) is 0.347. The molecule has 0 radical (unpaired) electrons. The Kier molecular flexibility index (Phi) is 5.18. The van der Waals surface area contributed by atoms with Crippen molar-refractivity contribution < 1.29 is 0 Å². The molecule has 172 valence electrons. The molecule has 0 unspecified atom stereocenters. The summed E-state index contributed by atoms with van der Waals surface area (Å²) in [5.41, 5.74) is 10.4. The van der Waals surface area contributed by atoms with E-state index in [0.29, 0.717) is 5.82 Å². The first-order valence-electron chi connectivity index (χ1n) is 12.4. The van der Waals surface area contributed by atoms with Crippen LogP contribution in [0.3, 0.4) is 0 Å². The highest BCUT2D eigenvalue weighted by atomic mass is 14.9. The zero-order valence-corrected chi connectivity index (χ0v) is 20.0. The number of rotatable bonds is 4. The molecule has 7 rings (SSSR count). The SMILES string of the molecule is c1ccc(-c2cc(-c3ccccc3)nc(-c3cnc(B4c5ccccc5-c5ccccc54)nc3)n2)cc1. The van der Waals surface area contributed by atoms with Gasteiger partial charge in [-0.15, -0.1) is 0 Å². The molecule has 5 heteroatoms. The van der Waals surface area contributed by atoms with Crippen molar-refractivity contribution in [1.82, 2.24) is 19.9 Å². The maximum absolute atomic E-state index is 4.91. The molecule has 0 aliphatic carbocycles. The maximum Gasteiger partial charge on any atom is 0.291 e. The summed E-state index contributed by atoms with van der Waals surface area (Å²) in [5, 5.41) is 0. The first-order valence-corrected chi connectivity index (χ1v) is 12.4. The predicted molar refractivity (Wildman–Crippen MR) is 150 cm³/mol. The summed E-state index contributed by atoms with van der Waals surface area (Å²) in [6, 6.07) is 39.5. The minimum Gasteiger partial charge on any atom is -0.250 e. The van der Waals surface area contributed by atoms with Gasteiger partial charge in [-0.25, -0.2) is 9.97 Å². The van der Waals surface area contributed by atoms with Gasteiger partial charge in [0.1, 0.15) is 0 Å². The Balaban J connectivity index is 1.32. The van der Waals surface area contributed by atoms with Gasteiger partial charge in [-0.2, -0.15) is 0 Å². The van der Waals surface area contributed by atoms with Crippen molar-refractivity contribution in [3.8, 4) is 45.0 Å². The highest BCUT2D eigenvalue weighted by molar-refractivity contribution is 6.98. The standard InChI is InChI=1S/C32H21BN4/c1-3-11-22(12-4-1)29-19-30(23-13-5-2-6-14-23)37-31(36-29)24-20-34-32(35-21-24)33-27-17-9-7-15-25(27)26-16-8-10-18-28(26)33/h1-21H. The number of nitrogens with zero attached hydrogens (tertiary/aromatic N) is 4. The fourth-order valence-corrected chi connectivity index (χ4v) is 5.13. The van der Waals surface area contributed by atoms with Crippen molar-refractivity contribution in [2.45, 2.75) is 0 Å². The lowest BCUT2D eigenvalue weighted by Gasteiger charge is -2.11. The van der Waals surface area contributed by atoms with Gasteiger partial charge in [0.15, 0.2) is 5.82 Å². The van der Waals surface area contributed by atoms with Gasteiger partial charge in [0.05, 0.1) is 22.7 Å². The van der Waals surface area contributed by atoms with Gasteiger partial charge in [0.25, 0.3) is 6.71 Å². The third kappa shape index (κ3) is 3.82. The highest BCUT2D eigenvalue weighted by Crippen LogP contribution is 2.27. The summed E-state index contributed by atoms with van der Waals surface area (Å²) in [5.74, 6) is 0.610. The topological polar surface area (TPSA) is 51.6 Å². The van der Waals surface area contributed by atoms with Gasteiger partial charge >= 0.3 is 0 Å². The molecule has 3 heterocycles. The molecule has 0 spiro atoms. The molecular formula is C32H21BN4. The first kappa shape index (κ1) is 21.4. The average molecular weight is 472 g/mol. The highest BCUT2D eigenvalue weighted by Gasteiger charge is 2.35. The van der Waals surface area contributed by atoms with Crippen molar-refractivity contribution in [2.75, 3.05) is 0 Å². The summed E-state index contributed by atoms with van der Waals surface area (Å²) in [4.78, 5) is 19.5. The summed E-state index contributed by atoms with van der Waals surface area (Å²) >= 11 is 0. The van der Waals surface area contributed by atoms with Crippen LogP contribution in [0.4, 0.5) is 0 Å². The minimum atomic E-state index is 0.0119. The smallest absolute Gasteiger partial charge is 0.250 e. The van der Waals surface area contributed by atoms with Gasteiger partial charge in [0, 0.05) is 23.5 Å². The van der Waals surface area contributed by atoms with Gasteiger partial charge in [-0.1, -0.05) is 120 Å². The van der Waals surface area contributed by atoms with Crippen LogP contribution in [0.5, 0.6) is 0 Å². The maximum atomic E-state index is 4.91. The Morgan fingerprint density at radius 2 is 0.919 bits per heavy atom. The van der Waals surface area contributed by atoms with E-state index < -0.39 is 0 Å². The Morgan fingerprint density at radius 3 is 1.43 bits per heavy atom. The summed E-state index contributed by atoms with van der Waals surface area (Å²) in [6.07, 6.45) is 3.70. The molecule has 1 aliphatic rings. The summed E-state index contributed by atoms with van der Waals surface area (Å²) in [7, 11) is 0. The zero-order valence-electron chi connectivity index (χ0n) is 20.0. The van der Waals surface area contributed by atoms with E-state index in [2.05, 4.69) is 72.8 Å². The van der Waals surface area contributed by atoms with Crippen LogP contribution in [0.1, 0.15) is 0 Å². The van der Waals surface area contributed by atoms with Crippen LogP contribution in [0.25, 0.3) is 45.0 Å². The lowest BCUT2D eigenvalue weighted by atomic mass is 9.42. The molecule has 4 aromatic carbocycles. The van der Waals surface area contributed by atoms with Crippen LogP contribution in [-0.4, -0.2) is 26.6 Å². The normalized spacial score (nSPS) is 11.7. The molecule has 6 aromatic rings. The third-order valence-corrected chi connectivity index (χ3v) is 6.89. The van der Waals surface area contributed by atoms with Crippen molar-refractivity contribution >= 4 is 23.4 Å². The molecule has 4 nitrogen and oxygen atoms in total. The van der Waals surface area contributed by atoms with E-state index in [-0.39, 0.29) is 6.71 Å². The van der Waals surface area contributed by atoms with Crippen LogP contribution < -0.4 is 16.6 Å². The van der Waals surface area contributed by atoms with Crippen LogP contribution in [0.15, 0.2) is 128 Å². The Bertz CT molecular complexity index is 1620. The van der Waals surface area contributed by atoms with Gasteiger partial charge in [-0.05, 0) is 17.2 Å². The largest absolute Gasteiger partial charge is 0.291 e. The molecular weight excluding hydrogens is 451 g/mol. The van der Waals surface area contributed by atoms with Crippen LogP contribution >= 0.6 is 0 Å². The first-order chi connectivity index (χ1) is 18.3. The molecule has 0 bridgehead atoms. The van der Waals surface area contributed by atoms with Crippen molar-refractivity contribution in [3.63, 3.8) is 0 Å². The second kappa shape index (κ2) is 8.96. The Morgan fingerprint density at radius 1 is 0.459 bits per heavy atom. The number of fused-ring (bicyclic) bond motifs is 3. The molecule has 0 N–H and O–H groups in total. The van der Waals surface area contributed by atoms with E-state index in [0.717, 1.165) is 33.8 Å². The lowest BCUT2D eigenvalue weighted by molar-refractivity contribution is 1.15. The minimum absolute atomic E-state index is 0.0119. The van der Waals surface area contributed by atoms with Gasteiger partial charge in [-0.3, -0.25) is 9.97 Å². The summed E-state index contributed by atoms with van der Waals surface area (Å²) < 4.78 is 0. The van der Waals surface area contributed by atoms with Crippen molar-refractivity contribution in [1.29, 1.82) is 0 Å². The van der Waals surface area contributed by atoms with E-state index >= 15 is 0 Å². The third-order valence-electron chi connectivity index (χ3n) is 6.89. The average Bonchev–Trinajstić information content (AvgIpc) is 3.32. The number of benzene rings is 4. The number of hydrogen-bond acceptors (Lipinski definition) is 4. The van der Waals surface area contributed by atoms with E-state index in [9.17, 15) is 0 Å². The molecule has 2 aromatic heterocycles. The van der Waals surface area contributed by atoms with Crippen LogP contribution in [0, 0.1) is 0 Å². The summed E-state index contributed by atoms with van der Waals surface area (Å²) in [6.45, 7) is 0.0119. The van der Waals surface area contributed by atoms with Gasteiger partial charge in [0.2, 0.25) is 0 Å². The molecule has 0 amide bonds. The second-order valence-corrected chi connectivity index (χ2v) is 9.13. The molecule has 0 atom stereocenters. The monoisotopic (exact) mass is 472 g/mol. The van der Waals surface area contributed by atoms with Crippen molar-refractivity contribution in [3.05, 3.63) is 128 Å². The van der Waals surface area contributed by atoms with Gasteiger partial charge < -0.3 is 0 Å². The number of hydrogen-bond donors (Lipinski definition) is 0. The molecule has 1 aliphatic heterocycles. The van der Waals surface area contributed by atoms with E-state index in [1.54, 1.807) is 0 Å². The Hall–Kier alpha value is -4.90. The molecule has 0 fully saturated rings. The van der Waals surface area contributed by atoms with Crippen molar-refractivity contribution in [2.24, 2.45) is 0 Å². The molecule has 37 heavy (non-hydrogen) atoms. The fourth-order valence-electron chi connectivity index (χ4n) is 5.13. The zero-order chi connectivity index (χ0) is 24.6. The van der Waals surface area contributed by atoms with E-state index in [1.807, 2.05) is 54.9 Å². The van der Waals surface area contributed by atoms with E-state index in [4.69, 9.17) is 19.9 Å². The lowest BCUT2D eigenvalue weighted by Crippen LogP contribution is -2.51. The Labute approximate surface area is 215 Å². The number of aromatic nitrogens is 4. The van der Waals surface area contributed by atoms with E-state index in [1.165, 1.54) is 22.1 Å². The molecule has 0 saturated carbocycles. The predicted octanol–water partition coefficient (Wildman–Crippen LogP) is 4.76. The fraction of sp³-hybridized carbons (Fsp3) is 0. The van der Waals surface area contributed by atoms with Crippen LogP contribution in [-0.2, 0) is 0 Å².